The maximum Gasteiger partial charge on any atom is 0.231 e. The molecule has 0 unspecified atom stereocenters. The van der Waals surface area contributed by atoms with Gasteiger partial charge in [-0.05, 0) is 30.7 Å². The number of ether oxygens (including phenoxy) is 3. The SMILES string of the molecule is C[C@H](OCc1ccccc1)C(=O)c1ccc2c(c1)OCO2. The van der Waals surface area contributed by atoms with Gasteiger partial charge in [-0.3, -0.25) is 4.79 Å². The van der Waals surface area contributed by atoms with Crippen molar-refractivity contribution in [1.29, 1.82) is 0 Å². The minimum Gasteiger partial charge on any atom is -0.454 e. The molecule has 108 valence electrons. The van der Waals surface area contributed by atoms with E-state index < -0.39 is 6.10 Å². The first-order valence-electron chi connectivity index (χ1n) is 6.83. The van der Waals surface area contributed by atoms with Gasteiger partial charge in [0.25, 0.3) is 0 Å². The standard InChI is InChI=1S/C17H16O4/c1-12(19-10-13-5-3-2-4-6-13)17(18)14-7-8-15-16(9-14)21-11-20-15/h2-9,12H,10-11H2,1H3/t12-/m0/s1. The summed E-state index contributed by atoms with van der Waals surface area (Å²) in [4.78, 5) is 12.3. The van der Waals surface area contributed by atoms with Gasteiger partial charge in [0.2, 0.25) is 6.79 Å². The van der Waals surface area contributed by atoms with E-state index in [1.165, 1.54) is 0 Å². The number of rotatable bonds is 5. The number of hydrogen-bond acceptors (Lipinski definition) is 4. The molecule has 2 aromatic carbocycles. The lowest BCUT2D eigenvalue weighted by Crippen LogP contribution is -2.20. The number of fused-ring (bicyclic) bond motifs is 1. The van der Waals surface area contributed by atoms with Gasteiger partial charge in [-0.1, -0.05) is 30.3 Å². The number of ketones is 1. The van der Waals surface area contributed by atoms with Gasteiger partial charge in [0.15, 0.2) is 17.3 Å². The van der Waals surface area contributed by atoms with Crippen LogP contribution in [0.1, 0.15) is 22.8 Å². The van der Waals surface area contributed by atoms with Crippen LogP contribution in [0.25, 0.3) is 0 Å². The average molecular weight is 284 g/mol. The molecule has 2 aromatic rings. The molecule has 3 rings (SSSR count). The lowest BCUT2D eigenvalue weighted by Gasteiger charge is -2.12. The van der Waals surface area contributed by atoms with Crippen LogP contribution in [0.5, 0.6) is 11.5 Å². The quantitative estimate of drug-likeness (QED) is 0.791. The van der Waals surface area contributed by atoms with E-state index >= 15 is 0 Å². The predicted octanol–water partition coefficient (Wildman–Crippen LogP) is 3.20. The zero-order chi connectivity index (χ0) is 14.7. The molecule has 0 saturated heterocycles. The number of carbonyl (C=O) groups is 1. The van der Waals surface area contributed by atoms with Crippen molar-refractivity contribution in [2.24, 2.45) is 0 Å². The molecule has 0 bridgehead atoms. The van der Waals surface area contributed by atoms with Gasteiger partial charge < -0.3 is 14.2 Å². The Morgan fingerprint density at radius 2 is 1.90 bits per heavy atom. The fraction of sp³-hybridized carbons (Fsp3) is 0.235. The first kappa shape index (κ1) is 13.6. The second kappa shape index (κ2) is 5.97. The lowest BCUT2D eigenvalue weighted by atomic mass is 10.1. The van der Waals surface area contributed by atoms with Gasteiger partial charge in [-0.25, -0.2) is 0 Å². The van der Waals surface area contributed by atoms with Gasteiger partial charge >= 0.3 is 0 Å². The summed E-state index contributed by atoms with van der Waals surface area (Å²) in [5.41, 5.74) is 1.61. The second-order valence-corrected chi connectivity index (χ2v) is 4.87. The van der Waals surface area contributed by atoms with Crippen molar-refractivity contribution < 1.29 is 19.0 Å². The van der Waals surface area contributed by atoms with Gasteiger partial charge in [0.1, 0.15) is 6.10 Å². The molecule has 1 aliphatic heterocycles. The normalized spacial score (nSPS) is 14.0. The number of hydrogen-bond donors (Lipinski definition) is 0. The van der Waals surface area contributed by atoms with Crippen LogP contribution in [-0.4, -0.2) is 18.7 Å². The van der Waals surface area contributed by atoms with Crippen LogP contribution < -0.4 is 9.47 Å². The fourth-order valence-corrected chi connectivity index (χ4v) is 2.16. The van der Waals surface area contributed by atoms with E-state index in [1.807, 2.05) is 30.3 Å². The third-order valence-electron chi connectivity index (χ3n) is 3.37. The summed E-state index contributed by atoms with van der Waals surface area (Å²) in [7, 11) is 0. The van der Waals surface area contributed by atoms with Crippen LogP contribution in [0, 0.1) is 0 Å². The van der Waals surface area contributed by atoms with Gasteiger partial charge in [-0.15, -0.1) is 0 Å². The predicted molar refractivity (Wildman–Crippen MR) is 77.6 cm³/mol. The summed E-state index contributed by atoms with van der Waals surface area (Å²) in [5.74, 6) is 1.21. The topological polar surface area (TPSA) is 44.8 Å². The van der Waals surface area contributed by atoms with E-state index in [-0.39, 0.29) is 12.6 Å². The summed E-state index contributed by atoms with van der Waals surface area (Å²) in [6, 6.07) is 15.0. The van der Waals surface area contributed by atoms with Crippen LogP contribution in [0.2, 0.25) is 0 Å². The molecule has 0 spiro atoms. The Labute approximate surface area is 123 Å². The van der Waals surface area contributed by atoms with E-state index in [0.717, 1.165) is 5.56 Å². The Morgan fingerprint density at radius 3 is 2.71 bits per heavy atom. The van der Waals surface area contributed by atoms with Crippen LogP contribution in [0.3, 0.4) is 0 Å². The average Bonchev–Trinajstić information content (AvgIpc) is 3.00. The highest BCUT2D eigenvalue weighted by molar-refractivity contribution is 5.99. The van der Waals surface area contributed by atoms with Crippen molar-refractivity contribution in [3.05, 3.63) is 59.7 Å². The van der Waals surface area contributed by atoms with Crippen molar-refractivity contribution in [3.63, 3.8) is 0 Å². The Balaban J connectivity index is 1.64. The van der Waals surface area contributed by atoms with Crippen molar-refractivity contribution in [2.75, 3.05) is 6.79 Å². The summed E-state index contributed by atoms with van der Waals surface area (Å²) >= 11 is 0. The summed E-state index contributed by atoms with van der Waals surface area (Å²) in [6.07, 6.45) is -0.509. The van der Waals surface area contributed by atoms with Crippen molar-refractivity contribution in [3.8, 4) is 11.5 Å². The molecular weight excluding hydrogens is 268 g/mol. The largest absolute Gasteiger partial charge is 0.454 e. The monoisotopic (exact) mass is 284 g/mol. The Bertz CT molecular complexity index is 636. The van der Waals surface area contributed by atoms with E-state index in [2.05, 4.69) is 0 Å². The highest BCUT2D eigenvalue weighted by Gasteiger charge is 2.20. The minimum absolute atomic E-state index is 0.0655. The van der Waals surface area contributed by atoms with Crippen LogP contribution >= 0.6 is 0 Å². The molecule has 1 atom stereocenters. The first-order chi connectivity index (χ1) is 10.2. The highest BCUT2D eigenvalue weighted by Crippen LogP contribution is 2.32. The first-order valence-corrected chi connectivity index (χ1v) is 6.83. The Hall–Kier alpha value is -2.33. The minimum atomic E-state index is -0.509. The molecule has 4 nitrogen and oxygen atoms in total. The van der Waals surface area contributed by atoms with E-state index in [9.17, 15) is 4.79 Å². The highest BCUT2D eigenvalue weighted by atomic mass is 16.7. The third-order valence-corrected chi connectivity index (χ3v) is 3.37. The molecule has 0 saturated carbocycles. The maximum absolute atomic E-state index is 12.3. The Morgan fingerprint density at radius 1 is 1.14 bits per heavy atom. The maximum atomic E-state index is 12.3. The summed E-state index contributed by atoms with van der Waals surface area (Å²) in [5, 5.41) is 0. The van der Waals surface area contributed by atoms with Crippen molar-refractivity contribution in [1.82, 2.24) is 0 Å². The summed E-state index contributed by atoms with van der Waals surface area (Å²) in [6.45, 7) is 2.38. The zero-order valence-electron chi connectivity index (χ0n) is 11.7. The van der Waals surface area contributed by atoms with Gasteiger partial charge in [0, 0.05) is 5.56 Å². The van der Waals surface area contributed by atoms with Gasteiger partial charge in [0.05, 0.1) is 6.61 Å². The van der Waals surface area contributed by atoms with E-state index in [4.69, 9.17) is 14.2 Å². The fourth-order valence-electron chi connectivity index (χ4n) is 2.16. The number of benzene rings is 2. The van der Waals surface area contributed by atoms with Crippen molar-refractivity contribution >= 4 is 5.78 Å². The molecule has 0 fully saturated rings. The molecule has 1 aliphatic rings. The van der Waals surface area contributed by atoms with Crippen LogP contribution in [0.4, 0.5) is 0 Å². The molecule has 0 amide bonds. The van der Waals surface area contributed by atoms with Crippen LogP contribution in [0.15, 0.2) is 48.5 Å². The van der Waals surface area contributed by atoms with E-state index in [0.29, 0.717) is 23.7 Å². The smallest absolute Gasteiger partial charge is 0.231 e. The molecule has 21 heavy (non-hydrogen) atoms. The zero-order valence-corrected chi connectivity index (χ0v) is 11.7. The lowest BCUT2D eigenvalue weighted by molar-refractivity contribution is 0.0412. The van der Waals surface area contributed by atoms with Crippen LogP contribution in [-0.2, 0) is 11.3 Å². The molecule has 0 aliphatic carbocycles. The van der Waals surface area contributed by atoms with Crippen molar-refractivity contribution in [2.45, 2.75) is 19.6 Å². The summed E-state index contributed by atoms with van der Waals surface area (Å²) < 4.78 is 16.2. The van der Waals surface area contributed by atoms with E-state index in [1.54, 1.807) is 25.1 Å². The van der Waals surface area contributed by atoms with Gasteiger partial charge in [-0.2, -0.15) is 0 Å². The molecular formula is C17H16O4. The molecule has 0 N–H and O–H groups in total. The molecule has 1 heterocycles. The second-order valence-electron chi connectivity index (χ2n) is 4.87. The Kier molecular flexibility index (Phi) is 3.88. The molecule has 4 heteroatoms. The molecule has 0 radical (unpaired) electrons. The molecule has 0 aromatic heterocycles. The third kappa shape index (κ3) is 3.06. The number of Topliss-reactive ketones (excluding diaryl/α,β-unsaturated/α-hetero) is 1. The number of carbonyl (C=O) groups excluding carboxylic acids is 1.